The maximum absolute atomic E-state index is 13.3. The van der Waals surface area contributed by atoms with Crippen molar-refractivity contribution in [3.63, 3.8) is 0 Å². The number of rotatable bonds is 4. The van der Waals surface area contributed by atoms with Crippen molar-refractivity contribution < 1.29 is 13.2 Å². The van der Waals surface area contributed by atoms with Crippen molar-refractivity contribution >= 4 is 10.0 Å². The molecule has 3 heterocycles. The predicted molar refractivity (Wildman–Crippen MR) is 95.5 cm³/mol. The summed E-state index contributed by atoms with van der Waals surface area (Å²) < 4.78 is 35.6. The van der Waals surface area contributed by atoms with Crippen molar-refractivity contribution in [2.24, 2.45) is 0 Å². The second-order valence-corrected chi connectivity index (χ2v) is 8.41. The van der Waals surface area contributed by atoms with E-state index in [4.69, 9.17) is 4.74 Å². The van der Waals surface area contributed by atoms with E-state index in [-0.39, 0.29) is 10.9 Å². The molecule has 26 heavy (non-hydrogen) atoms. The van der Waals surface area contributed by atoms with Crippen molar-refractivity contribution in [2.45, 2.75) is 36.7 Å². The van der Waals surface area contributed by atoms with Crippen LogP contribution in [0.4, 0.5) is 0 Å². The lowest BCUT2D eigenvalue weighted by Crippen LogP contribution is -2.32. The van der Waals surface area contributed by atoms with Crippen molar-refractivity contribution in [1.82, 2.24) is 24.4 Å². The van der Waals surface area contributed by atoms with E-state index in [0.717, 1.165) is 50.5 Å². The van der Waals surface area contributed by atoms with Crippen LogP contribution in [-0.2, 0) is 23.0 Å². The highest BCUT2D eigenvalue weighted by molar-refractivity contribution is 7.89. The Hall–Kier alpha value is -1.97. The van der Waals surface area contributed by atoms with Crippen LogP contribution in [0.1, 0.15) is 30.5 Å². The number of nitrogens with one attached hydrogen (secondary N) is 1. The molecule has 0 amide bonds. The number of methoxy groups -OCH3 is 1. The summed E-state index contributed by atoms with van der Waals surface area (Å²) in [5, 5.41) is 12.0. The summed E-state index contributed by atoms with van der Waals surface area (Å²) in [5.74, 6) is 2.04. The van der Waals surface area contributed by atoms with Gasteiger partial charge < -0.3 is 14.6 Å². The van der Waals surface area contributed by atoms with Gasteiger partial charge in [0.15, 0.2) is 5.82 Å². The van der Waals surface area contributed by atoms with Crippen LogP contribution < -0.4 is 10.1 Å². The van der Waals surface area contributed by atoms with Crippen LogP contribution in [0.3, 0.4) is 0 Å². The summed E-state index contributed by atoms with van der Waals surface area (Å²) in [5.41, 5.74) is 0. The van der Waals surface area contributed by atoms with Crippen LogP contribution in [0.2, 0.25) is 0 Å². The first kappa shape index (κ1) is 17.4. The molecule has 1 N–H and O–H groups in total. The third-order valence-corrected chi connectivity index (χ3v) is 7.00. The smallest absolute Gasteiger partial charge is 0.247 e. The number of benzene rings is 1. The van der Waals surface area contributed by atoms with Crippen molar-refractivity contribution in [1.29, 1.82) is 0 Å². The Bertz CT molecular complexity index is 896. The molecular formula is C17H23N5O3S. The van der Waals surface area contributed by atoms with Crippen molar-refractivity contribution in [2.75, 3.05) is 26.7 Å². The molecule has 0 bridgehead atoms. The molecule has 0 unspecified atom stereocenters. The number of nitrogens with zero attached hydrogens (tertiary/aromatic N) is 4. The number of para-hydroxylation sites is 1. The molecule has 0 saturated carbocycles. The van der Waals surface area contributed by atoms with Crippen LogP contribution in [0.25, 0.3) is 0 Å². The highest BCUT2D eigenvalue weighted by Crippen LogP contribution is 2.38. The van der Waals surface area contributed by atoms with E-state index in [0.29, 0.717) is 12.3 Å². The summed E-state index contributed by atoms with van der Waals surface area (Å²) in [7, 11) is -2.19. The lowest BCUT2D eigenvalue weighted by atomic mass is 10.2. The fourth-order valence-corrected chi connectivity index (χ4v) is 5.60. The second-order valence-electron chi connectivity index (χ2n) is 6.55. The summed E-state index contributed by atoms with van der Waals surface area (Å²) in [4.78, 5) is 0.201. The van der Waals surface area contributed by atoms with Crippen LogP contribution in [0, 0.1) is 0 Å². The summed E-state index contributed by atoms with van der Waals surface area (Å²) in [6.07, 6.45) is 2.36. The minimum absolute atomic E-state index is 0.201. The first-order valence-electron chi connectivity index (χ1n) is 8.90. The van der Waals surface area contributed by atoms with E-state index in [9.17, 15) is 8.42 Å². The molecule has 8 nitrogen and oxygen atoms in total. The number of aromatic nitrogens is 3. The van der Waals surface area contributed by atoms with Gasteiger partial charge in [-0.15, -0.1) is 10.2 Å². The molecule has 1 aromatic carbocycles. The zero-order chi connectivity index (χ0) is 18.1. The zero-order valence-corrected chi connectivity index (χ0v) is 15.6. The van der Waals surface area contributed by atoms with Gasteiger partial charge in [0, 0.05) is 32.6 Å². The number of fused-ring (bicyclic) bond motifs is 1. The predicted octanol–water partition coefficient (Wildman–Crippen LogP) is 0.958. The quantitative estimate of drug-likeness (QED) is 0.854. The number of sulfonamides is 1. The van der Waals surface area contributed by atoms with Gasteiger partial charge in [-0.1, -0.05) is 12.1 Å². The molecule has 0 spiro atoms. The van der Waals surface area contributed by atoms with Gasteiger partial charge in [0.05, 0.1) is 13.2 Å². The Kier molecular flexibility index (Phi) is 4.68. The van der Waals surface area contributed by atoms with Crippen molar-refractivity contribution in [3.8, 4) is 5.75 Å². The SMILES string of the molecule is COc1ccccc1S(=O)(=O)N1CCC[C@H]1c1nnc2n1CCNCC2. The molecule has 2 aliphatic rings. The monoisotopic (exact) mass is 377 g/mol. The highest BCUT2D eigenvalue weighted by atomic mass is 32.2. The molecule has 2 aliphatic heterocycles. The Labute approximate surface area is 153 Å². The van der Waals surface area contributed by atoms with E-state index in [1.165, 1.54) is 7.11 Å². The fraction of sp³-hybridized carbons (Fsp3) is 0.529. The van der Waals surface area contributed by atoms with E-state index < -0.39 is 10.0 Å². The highest BCUT2D eigenvalue weighted by Gasteiger charge is 2.40. The van der Waals surface area contributed by atoms with Crippen molar-refractivity contribution in [3.05, 3.63) is 35.9 Å². The van der Waals surface area contributed by atoms with Crippen LogP contribution in [-0.4, -0.2) is 54.2 Å². The summed E-state index contributed by atoms with van der Waals surface area (Å²) in [6, 6.07) is 6.47. The largest absolute Gasteiger partial charge is 0.495 e. The lowest BCUT2D eigenvalue weighted by molar-refractivity contribution is 0.364. The van der Waals surface area contributed by atoms with Crippen LogP contribution in [0.15, 0.2) is 29.2 Å². The molecule has 1 fully saturated rings. The fourth-order valence-electron chi connectivity index (χ4n) is 3.78. The average Bonchev–Trinajstić information content (AvgIpc) is 3.23. The van der Waals surface area contributed by atoms with Crippen LogP contribution >= 0.6 is 0 Å². The Morgan fingerprint density at radius 1 is 1.19 bits per heavy atom. The molecule has 1 aromatic heterocycles. The maximum Gasteiger partial charge on any atom is 0.247 e. The minimum atomic E-state index is -3.68. The molecular weight excluding hydrogens is 354 g/mol. The Balaban J connectivity index is 1.72. The molecule has 9 heteroatoms. The van der Waals surface area contributed by atoms with Gasteiger partial charge in [-0.2, -0.15) is 4.31 Å². The van der Waals surface area contributed by atoms with Gasteiger partial charge in [0.2, 0.25) is 10.0 Å². The molecule has 0 aliphatic carbocycles. The molecule has 2 aromatic rings. The first-order valence-corrected chi connectivity index (χ1v) is 10.3. The Morgan fingerprint density at radius 3 is 2.88 bits per heavy atom. The van der Waals surface area contributed by atoms with Gasteiger partial charge in [-0.25, -0.2) is 8.42 Å². The van der Waals surface area contributed by atoms with E-state index in [1.54, 1.807) is 28.6 Å². The van der Waals surface area contributed by atoms with E-state index in [2.05, 4.69) is 20.1 Å². The normalized spacial score (nSPS) is 21.3. The number of ether oxygens (including phenoxy) is 1. The molecule has 4 rings (SSSR count). The van der Waals surface area contributed by atoms with Crippen LogP contribution in [0.5, 0.6) is 5.75 Å². The molecule has 0 radical (unpaired) electrons. The third kappa shape index (κ3) is 2.89. The third-order valence-electron chi connectivity index (χ3n) is 5.05. The molecule has 1 atom stereocenters. The van der Waals surface area contributed by atoms with Gasteiger partial charge in [0.1, 0.15) is 16.5 Å². The lowest BCUT2D eigenvalue weighted by Gasteiger charge is -2.24. The molecule has 1 saturated heterocycles. The Morgan fingerprint density at radius 2 is 2.04 bits per heavy atom. The number of hydrogen-bond donors (Lipinski definition) is 1. The van der Waals surface area contributed by atoms with E-state index in [1.807, 2.05) is 0 Å². The zero-order valence-electron chi connectivity index (χ0n) is 14.8. The summed E-state index contributed by atoms with van der Waals surface area (Å²) in [6.45, 7) is 2.94. The standard InChI is InChI=1S/C17H23N5O3S/c1-25-14-6-2-3-7-15(14)26(23,24)22-11-4-5-13(22)17-20-19-16-8-9-18-10-12-21(16)17/h2-3,6-7,13,18H,4-5,8-12H2,1H3/t13-/m0/s1. The average molecular weight is 377 g/mol. The second kappa shape index (κ2) is 6.98. The topological polar surface area (TPSA) is 89.4 Å². The first-order chi connectivity index (χ1) is 12.6. The van der Waals surface area contributed by atoms with Gasteiger partial charge in [-0.3, -0.25) is 0 Å². The minimum Gasteiger partial charge on any atom is -0.495 e. The van der Waals surface area contributed by atoms with E-state index >= 15 is 0 Å². The van der Waals surface area contributed by atoms with Gasteiger partial charge >= 0.3 is 0 Å². The van der Waals surface area contributed by atoms with Gasteiger partial charge in [-0.05, 0) is 25.0 Å². The number of hydrogen-bond acceptors (Lipinski definition) is 6. The molecule has 140 valence electrons. The summed E-state index contributed by atoms with van der Waals surface area (Å²) >= 11 is 0. The van der Waals surface area contributed by atoms with Gasteiger partial charge in [0.25, 0.3) is 0 Å². The maximum atomic E-state index is 13.3.